The molecule has 7 nitrogen and oxygen atoms in total. The first-order valence-electron chi connectivity index (χ1n) is 10.5. The lowest BCUT2D eigenvalue weighted by atomic mass is 9.74. The summed E-state index contributed by atoms with van der Waals surface area (Å²) in [5, 5.41) is 4.56. The third-order valence-electron chi connectivity index (χ3n) is 6.11. The van der Waals surface area contributed by atoms with E-state index in [1.165, 1.54) is 13.2 Å². The van der Waals surface area contributed by atoms with Crippen LogP contribution in [0.1, 0.15) is 29.3 Å². The smallest absolute Gasteiger partial charge is 0.161 e. The van der Waals surface area contributed by atoms with E-state index in [2.05, 4.69) is 26.9 Å². The first-order chi connectivity index (χ1) is 15.5. The molecule has 0 bridgehead atoms. The van der Waals surface area contributed by atoms with E-state index in [0.717, 1.165) is 17.0 Å². The first-order valence-corrected chi connectivity index (χ1v) is 10.5. The molecule has 5 rings (SSSR count). The van der Waals surface area contributed by atoms with Gasteiger partial charge in [0.15, 0.2) is 11.9 Å². The maximum absolute atomic E-state index is 14.6. The molecule has 0 N–H and O–H groups in total. The van der Waals surface area contributed by atoms with Gasteiger partial charge in [0.25, 0.3) is 0 Å². The number of imidazole rings is 1. The Morgan fingerprint density at radius 1 is 1.34 bits per heavy atom. The average Bonchev–Trinajstić information content (AvgIpc) is 3.42. The standard InChI is InChI=1S/C24H25FN4O3/c1-16-19(12-28(2)27-16)24(14-29-9-8-26-15-29)7-6-21-22(11-24)31-13-23(32-21)18-5-4-17(30-3)10-20(18)25/h4-10,12,15,23H,11,13-14H2,1-3H3. The van der Waals surface area contributed by atoms with Crippen LogP contribution in [0.15, 0.2) is 66.8 Å². The highest BCUT2D eigenvalue weighted by molar-refractivity contribution is 5.41. The molecule has 0 spiro atoms. The number of benzene rings is 1. The first kappa shape index (κ1) is 20.4. The molecule has 2 aliphatic rings. The maximum atomic E-state index is 14.6. The van der Waals surface area contributed by atoms with Crippen molar-refractivity contribution >= 4 is 0 Å². The van der Waals surface area contributed by atoms with Gasteiger partial charge in [-0.25, -0.2) is 9.37 Å². The van der Waals surface area contributed by atoms with Crippen LogP contribution in [0.2, 0.25) is 0 Å². The Labute approximate surface area is 185 Å². The van der Waals surface area contributed by atoms with Gasteiger partial charge in [0.2, 0.25) is 0 Å². The third kappa shape index (κ3) is 3.55. The Hall–Kier alpha value is -3.55. The fourth-order valence-corrected chi connectivity index (χ4v) is 4.57. The van der Waals surface area contributed by atoms with Gasteiger partial charge in [-0.2, -0.15) is 5.10 Å². The largest absolute Gasteiger partial charge is 0.497 e. The zero-order valence-corrected chi connectivity index (χ0v) is 18.3. The topological polar surface area (TPSA) is 63.3 Å². The molecule has 3 aromatic rings. The third-order valence-corrected chi connectivity index (χ3v) is 6.11. The summed E-state index contributed by atoms with van der Waals surface area (Å²) >= 11 is 0. The van der Waals surface area contributed by atoms with Crippen molar-refractivity contribution in [3.05, 3.63) is 89.4 Å². The molecule has 1 aliphatic heterocycles. The van der Waals surface area contributed by atoms with Gasteiger partial charge in [-0.05, 0) is 25.1 Å². The van der Waals surface area contributed by atoms with Crippen molar-refractivity contribution in [1.29, 1.82) is 0 Å². The second-order valence-corrected chi connectivity index (χ2v) is 8.30. The Morgan fingerprint density at radius 2 is 2.22 bits per heavy atom. The van der Waals surface area contributed by atoms with Crippen LogP contribution in [0, 0.1) is 12.7 Å². The Kier molecular flexibility index (Phi) is 5.00. The van der Waals surface area contributed by atoms with E-state index >= 15 is 0 Å². The van der Waals surface area contributed by atoms with E-state index in [1.54, 1.807) is 18.3 Å². The number of aromatic nitrogens is 4. The van der Waals surface area contributed by atoms with Crippen molar-refractivity contribution in [1.82, 2.24) is 19.3 Å². The molecular formula is C24H25FN4O3. The quantitative estimate of drug-likeness (QED) is 0.606. The van der Waals surface area contributed by atoms with Crippen LogP contribution in [0.5, 0.6) is 5.75 Å². The molecule has 2 atom stereocenters. The van der Waals surface area contributed by atoms with E-state index in [1.807, 2.05) is 37.3 Å². The number of aryl methyl sites for hydroxylation is 2. The summed E-state index contributed by atoms with van der Waals surface area (Å²) in [7, 11) is 3.44. The fraction of sp³-hybridized carbons (Fsp3) is 0.333. The fourth-order valence-electron chi connectivity index (χ4n) is 4.57. The van der Waals surface area contributed by atoms with E-state index in [0.29, 0.717) is 30.0 Å². The Balaban J connectivity index is 1.45. The minimum absolute atomic E-state index is 0.239. The molecule has 2 aromatic heterocycles. The zero-order valence-electron chi connectivity index (χ0n) is 18.3. The number of rotatable bonds is 5. The molecule has 0 saturated heterocycles. The van der Waals surface area contributed by atoms with Crippen molar-refractivity contribution < 1.29 is 18.6 Å². The molecule has 0 amide bonds. The van der Waals surface area contributed by atoms with E-state index in [-0.39, 0.29) is 17.8 Å². The Bertz CT molecular complexity index is 1200. The molecule has 0 saturated carbocycles. The van der Waals surface area contributed by atoms with Crippen molar-refractivity contribution in [2.45, 2.75) is 31.4 Å². The van der Waals surface area contributed by atoms with E-state index < -0.39 is 6.10 Å². The highest BCUT2D eigenvalue weighted by Crippen LogP contribution is 2.44. The van der Waals surface area contributed by atoms with Gasteiger partial charge in [-0.3, -0.25) is 4.68 Å². The lowest BCUT2D eigenvalue weighted by Crippen LogP contribution is -2.35. The van der Waals surface area contributed by atoms with Gasteiger partial charge in [-0.15, -0.1) is 0 Å². The number of hydrogen-bond donors (Lipinski definition) is 0. The molecule has 2 unspecified atom stereocenters. The molecule has 1 aromatic carbocycles. The minimum atomic E-state index is -0.523. The molecule has 32 heavy (non-hydrogen) atoms. The maximum Gasteiger partial charge on any atom is 0.161 e. The van der Waals surface area contributed by atoms with E-state index in [4.69, 9.17) is 14.2 Å². The van der Waals surface area contributed by atoms with E-state index in [9.17, 15) is 4.39 Å². The summed E-state index contributed by atoms with van der Waals surface area (Å²) in [6, 6.07) is 4.77. The molecule has 8 heteroatoms. The van der Waals surface area contributed by atoms with Gasteiger partial charge in [0.05, 0.1) is 19.1 Å². The average molecular weight is 436 g/mol. The van der Waals surface area contributed by atoms with Gasteiger partial charge in [-0.1, -0.05) is 6.08 Å². The molecular weight excluding hydrogens is 411 g/mol. The second kappa shape index (κ2) is 7.85. The highest BCUT2D eigenvalue weighted by atomic mass is 19.1. The van der Waals surface area contributed by atoms with Gasteiger partial charge in [0.1, 0.15) is 23.9 Å². The number of nitrogens with zero attached hydrogens (tertiary/aromatic N) is 4. The lowest BCUT2D eigenvalue weighted by molar-refractivity contribution is -0.00909. The Morgan fingerprint density at radius 3 is 2.91 bits per heavy atom. The summed E-state index contributed by atoms with van der Waals surface area (Å²) in [6.07, 6.45) is 11.8. The van der Waals surface area contributed by atoms with Gasteiger partial charge in [0, 0.05) is 61.2 Å². The minimum Gasteiger partial charge on any atom is -0.497 e. The van der Waals surface area contributed by atoms with Gasteiger partial charge >= 0.3 is 0 Å². The van der Waals surface area contributed by atoms with Crippen LogP contribution in [0.3, 0.4) is 0 Å². The van der Waals surface area contributed by atoms with Crippen molar-refractivity contribution in [3.8, 4) is 5.75 Å². The molecule has 166 valence electrons. The summed E-state index contributed by atoms with van der Waals surface area (Å²) in [4.78, 5) is 4.19. The van der Waals surface area contributed by atoms with Crippen molar-refractivity contribution in [3.63, 3.8) is 0 Å². The van der Waals surface area contributed by atoms with Crippen LogP contribution < -0.4 is 4.74 Å². The number of halogens is 1. The summed E-state index contributed by atoms with van der Waals surface area (Å²) in [5.74, 6) is 1.50. The lowest BCUT2D eigenvalue weighted by Gasteiger charge is -2.38. The summed E-state index contributed by atoms with van der Waals surface area (Å²) in [5.41, 5.74) is 2.18. The van der Waals surface area contributed by atoms with Crippen LogP contribution in [0.25, 0.3) is 0 Å². The predicted molar refractivity (Wildman–Crippen MR) is 115 cm³/mol. The number of methoxy groups -OCH3 is 1. The van der Waals surface area contributed by atoms with Crippen molar-refractivity contribution in [2.24, 2.45) is 7.05 Å². The highest BCUT2D eigenvalue weighted by Gasteiger charge is 2.40. The van der Waals surface area contributed by atoms with Crippen molar-refractivity contribution in [2.75, 3.05) is 13.7 Å². The van der Waals surface area contributed by atoms with Crippen LogP contribution in [-0.2, 0) is 28.5 Å². The summed E-state index contributed by atoms with van der Waals surface area (Å²) in [6.45, 7) is 2.94. The SMILES string of the molecule is COc1ccc(C2COC3=C(C=CC(Cn4ccnc4)(c4cn(C)nc4C)C3)O2)c(F)c1. The molecule has 0 fully saturated rings. The van der Waals surface area contributed by atoms with Crippen LogP contribution in [-0.4, -0.2) is 33.0 Å². The predicted octanol–water partition coefficient (Wildman–Crippen LogP) is 3.97. The van der Waals surface area contributed by atoms with Crippen LogP contribution in [0.4, 0.5) is 4.39 Å². The molecule has 0 radical (unpaired) electrons. The van der Waals surface area contributed by atoms with Crippen LogP contribution >= 0.6 is 0 Å². The zero-order chi connectivity index (χ0) is 22.3. The molecule has 1 aliphatic carbocycles. The second-order valence-electron chi connectivity index (χ2n) is 8.30. The number of hydrogen-bond acceptors (Lipinski definition) is 5. The number of ether oxygens (including phenoxy) is 3. The normalized spacial score (nSPS) is 22.3. The monoisotopic (exact) mass is 436 g/mol. The van der Waals surface area contributed by atoms with Gasteiger partial charge < -0.3 is 18.8 Å². The molecule has 3 heterocycles. The summed E-state index contributed by atoms with van der Waals surface area (Å²) < 4.78 is 35.9. The number of allylic oxidation sites excluding steroid dienone is 3.